The number of unbranched alkanes of at least 4 members (excludes halogenated alkanes) is 4. The Morgan fingerprint density at radius 2 is 0.895 bits per heavy atom. The summed E-state index contributed by atoms with van der Waals surface area (Å²) in [6.07, 6.45) is 6.84. The molecule has 0 aromatic heterocycles. The maximum Gasteiger partial charge on any atom is 0.186 e. The Bertz CT molecular complexity index is 196. The largest absolute Gasteiger partial charge is 0.418 e. The van der Waals surface area contributed by atoms with Crippen molar-refractivity contribution in [1.29, 1.82) is 0 Å². The molecule has 0 bridgehead atoms. The van der Waals surface area contributed by atoms with Crippen LogP contribution in [0, 0.1) is 0 Å². The van der Waals surface area contributed by atoms with Crippen molar-refractivity contribution in [2.45, 2.75) is 84.2 Å². The third-order valence-electron chi connectivity index (χ3n) is 3.63. The maximum absolute atomic E-state index is 5.86. The summed E-state index contributed by atoms with van der Waals surface area (Å²) in [7, 11) is -2.65. The van der Waals surface area contributed by atoms with Crippen molar-refractivity contribution in [1.82, 2.24) is 0 Å². The predicted molar refractivity (Wildman–Crippen MR) is 90.9 cm³/mol. The minimum absolute atomic E-state index is 0.885. The Kier molecular flexibility index (Phi) is 10.3. The van der Waals surface area contributed by atoms with E-state index in [0.29, 0.717) is 0 Å². The molecule has 0 N–H and O–H groups in total. The second-order valence-electron chi connectivity index (χ2n) is 6.65. The molecule has 0 aliphatic rings. The number of hydrogen-bond acceptors (Lipinski definition) is 2. The lowest BCUT2D eigenvalue weighted by molar-refractivity contribution is 0.327. The van der Waals surface area contributed by atoms with Crippen molar-refractivity contribution in [3.8, 4) is 0 Å². The van der Waals surface area contributed by atoms with Gasteiger partial charge in [-0.15, -0.1) is 0 Å². The lowest BCUT2D eigenvalue weighted by Gasteiger charge is -2.22. The van der Waals surface area contributed by atoms with Gasteiger partial charge >= 0.3 is 0 Å². The van der Waals surface area contributed by atoms with Crippen LogP contribution in [0.2, 0.25) is 38.3 Å². The van der Waals surface area contributed by atoms with E-state index < -0.39 is 16.6 Å². The Morgan fingerprint density at radius 1 is 0.579 bits per heavy atom. The minimum Gasteiger partial charge on any atom is -0.418 e. The first kappa shape index (κ1) is 19.4. The average molecular weight is 305 g/mol. The van der Waals surface area contributed by atoms with E-state index in [1.807, 2.05) is 0 Å². The van der Waals surface area contributed by atoms with Gasteiger partial charge in [0.05, 0.1) is 0 Å². The van der Waals surface area contributed by atoms with E-state index in [-0.39, 0.29) is 0 Å². The molecule has 2 nitrogen and oxygen atoms in total. The van der Waals surface area contributed by atoms with Gasteiger partial charge in [-0.1, -0.05) is 32.1 Å². The fraction of sp³-hybridized carbons (Fsp3) is 1.00. The fourth-order valence-corrected chi connectivity index (χ4v) is 6.61. The zero-order chi connectivity index (χ0) is 14.8. The van der Waals surface area contributed by atoms with Crippen molar-refractivity contribution in [3.63, 3.8) is 0 Å². The molecule has 0 spiro atoms. The minimum atomic E-state index is -1.33. The molecule has 116 valence electrons. The monoisotopic (exact) mass is 304 g/mol. The molecule has 0 amide bonds. The summed E-state index contributed by atoms with van der Waals surface area (Å²) in [5.74, 6) is 0. The summed E-state index contributed by atoms with van der Waals surface area (Å²) in [6.45, 7) is 15.4. The van der Waals surface area contributed by atoms with Gasteiger partial charge < -0.3 is 8.85 Å². The van der Waals surface area contributed by atoms with Crippen molar-refractivity contribution >= 4 is 16.6 Å². The average Bonchev–Trinajstić information content (AvgIpc) is 2.27. The van der Waals surface area contributed by atoms with Crippen LogP contribution in [-0.4, -0.2) is 29.8 Å². The maximum atomic E-state index is 5.86. The highest BCUT2D eigenvalue weighted by Gasteiger charge is 2.21. The SMILES string of the molecule is CCO[Si](C)(C)CCCCCCC[Si](C)(C)OCC. The molecular weight excluding hydrogens is 268 g/mol. The molecule has 0 atom stereocenters. The summed E-state index contributed by atoms with van der Waals surface area (Å²) in [6, 6.07) is 2.64. The van der Waals surface area contributed by atoms with Gasteiger partial charge in [-0.3, -0.25) is 0 Å². The molecule has 0 aromatic rings. The first-order chi connectivity index (χ1) is 8.83. The first-order valence-electron chi connectivity index (χ1n) is 8.11. The Morgan fingerprint density at radius 3 is 1.21 bits per heavy atom. The normalized spacial score (nSPS) is 12.9. The van der Waals surface area contributed by atoms with Gasteiger partial charge in [-0.25, -0.2) is 0 Å². The van der Waals surface area contributed by atoms with E-state index in [0.717, 1.165) is 13.2 Å². The van der Waals surface area contributed by atoms with Crippen LogP contribution in [0.15, 0.2) is 0 Å². The second-order valence-corrected chi connectivity index (χ2v) is 15.3. The molecular formula is C15H36O2Si2. The molecule has 0 aliphatic heterocycles. The molecule has 0 fully saturated rings. The van der Waals surface area contributed by atoms with E-state index in [9.17, 15) is 0 Å². The lowest BCUT2D eigenvalue weighted by atomic mass is 10.2. The molecule has 4 heteroatoms. The number of rotatable bonds is 12. The van der Waals surface area contributed by atoms with Crippen LogP contribution in [-0.2, 0) is 8.85 Å². The van der Waals surface area contributed by atoms with E-state index in [4.69, 9.17) is 8.85 Å². The summed E-state index contributed by atoms with van der Waals surface area (Å²) >= 11 is 0. The second kappa shape index (κ2) is 10.1. The Balaban J connectivity index is 3.46. The van der Waals surface area contributed by atoms with Crippen LogP contribution in [0.25, 0.3) is 0 Å². The van der Waals surface area contributed by atoms with Crippen molar-refractivity contribution in [2.75, 3.05) is 13.2 Å². The Hall–Kier alpha value is 0.354. The van der Waals surface area contributed by atoms with Crippen LogP contribution in [0.4, 0.5) is 0 Å². The van der Waals surface area contributed by atoms with Gasteiger partial charge in [0.1, 0.15) is 0 Å². The van der Waals surface area contributed by atoms with E-state index >= 15 is 0 Å². The summed E-state index contributed by atoms with van der Waals surface area (Å²) < 4.78 is 11.7. The molecule has 0 saturated heterocycles. The van der Waals surface area contributed by atoms with Crippen LogP contribution in [0.3, 0.4) is 0 Å². The summed E-state index contributed by atoms with van der Waals surface area (Å²) in [4.78, 5) is 0. The summed E-state index contributed by atoms with van der Waals surface area (Å²) in [5.41, 5.74) is 0. The molecule has 0 heterocycles. The highest BCUT2D eigenvalue weighted by molar-refractivity contribution is 6.71. The first-order valence-corrected chi connectivity index (χ1v) is 14.3. The van der Waals surface area contributed by atoms with Crippen molar-refractivity contribution in [2.24, 2.45) is 0 Å². The lowest BCUT2D eigenvalue weighted by Crippen LogP contribution is -2.30. The van der Waals surface area contributed by atoms with E-state index in [2.05, 4.69) is 40.0 Å². The van der Waals surface area contributed by atoms with Crippen molar-refractivity contribution in [3.05, 3.63) is 0 Å². The van der Waals surface area contributed by atoms with Gasteiger partial charge in [0.15, 0.2) is 16.6 Å². The van der Waals surface area contributed by atoms with Crippen LogP contribution >= 0.6 is 0 Å². The van der Waals surface area contributed by atoms with Crippen LogP contribution in [0.1, 0.15) is 46.0 Å². The topological polar surface area (TPSA) is 18.5 Å². The zero-order valence-electron chi connectivity index (χ0n) is 14.2. The van der Waals surface area contributed by atoms with Gasteiger partial charge in [-0.05, 0) is 52.1 Å². The van der Waals surface area contributed by atoms with E-state index in [1.165, 1.54) is 44.2 Å². The highest BCUT2D eigenvalue weighted by atomic mass is 28.4. The van der Waals surface area contributed by atoms with Gasteiger partial charge in [0.25, 0.3) is 0 Å². The third kappa shape index (κ3) is 11.8. The van der Waals surface area contributed by atoms with Crippen LogP contribution < -0.4 is 0 Å². The molecule has 0 radical (unpaired) electrons. The van der Waals surface area contributed by atoms with Crippen LogP contribution in [0.5, 0.6) is 0 Å². The standard InChI is InChI=1S/C15H36O2Si2/c1-7-16-18(3,4)14-12-10-9-11-13-15-19(5,6)17-8-2/h7-15H2,1-6H3. The smallest absolute Gasteiger partial charge is 0.186 e. The molecule has 19 heavy (non-hydrogen) atoms. The van der Waals surface area contributed by atoms with Gasteiger partial charge in [-0.2, -0.15) is 0 Å². The molecule has 0 rings (SSSR count). The number of hydrogen-bond donors (Lipinski definition) is 0. The zero-order valence-corrected chi connectivity index (χ0v) is 16.2. The quantitative estimate of drug-likeness (QED) is 0.354. The molecule has 0 saturated carbocycles. The van der Waals surface area contributed by atoms with Gasteiger partial charge in [0, 0.05) is 13.2 Å². The summed E-state index contributed by atoms with van der Waals surface area (Å²) in [5, 5.41) is 0. The van der Waals surface area contributed by atoms with Crippen molar-refractivity contribution < 1.29 is 8.85 Å². The molecule has 0 aliphatic carbocycles. The van der Waals surface area contributed by atoms with E-state index in [1.54, 1.807) is 0 Å². The molecule has 0 unspecified atom stereocenters. The molecule has 0 aromatic carbocycles. The highest BCUT2D eigenvalue weighted by Crippen LogP contribution is 2.19. The third-order valence-corrected chi connectivity index (χ3v) is 8.88. The Labute approximate surface area is 123 Å². The predicted octanol–water partition coefficient (Wildman–Crippen LogP) is 5.42. The fourth-order valence-electron chi connectivity index (χ4n) is 2.56. The van der Waals surface area contributed by atoms with Gasteiger partial charge in [0.2, 0.25) is 0 Å².